The minimum atomic E-state index is -0.505. The summed E-state index contributed by atoms with van der Waals surface area (Å²) < 4.78 is 0. The van der Waals surface area contributed by atoms with E-state index in [1.807, 2.05) is 19.9 Å². The van der Waals surface area contributed by atoms with Crippen LogP contribution in [-0.4, -0.2) is 18.2 Å². The summed E-state index contributed by atoms with van der Waals surface area (Å²) in [4.78, 5) is 23.3. The molecule has 0 fully saturated rings. The predicted molar refractivity (Wildman–Crippen MR) is 81.6 cm³/mol. The number of ketones is 1. The average molecular weight is 285 g/mol. The lowest BCUT2D eigenvalue weighted by Crippen LogP contribution is -2.19. The van der Waals surface area contributed by atoms with Crippen molar-refractivity contribution >= 4 is 17.4 Å². The van der Waals surface area contributed by atoms with Crippen molar-refractivity contribution in [3.63, 3.8) is 0 Å². The fourth-order valence-electron chi connectivity index (χ4n) is 1.56. The van der Waals surface area contributed by atoms with Crippen molar-refractivity contribution in [2.24, 2.45) is 5.92 Å². The summed E-state index contributed by atoms with van der Waals surface area (Å²) >= 11 is 0. The molecule has 0 unspecified atom stereocenters. The zero-order chi connectivity index (χ0) is 15.8. The monoisotopic (exact) mass is 285 g/mol. The molecule has 5 heteroatoms. The van der Waals surface area contributed by atoms with Gasteiger partial charge in [0.2, 0.25) is 0 Å². The topological polar surface area (TPSA) is 82.0 Å². The first-order valence-corrected chi connectivity index (χ1v) is 6.70. The smallest absolute Gasteiger partial charge is 0.267 e. The van der Waals surface area contributed by atoms with E-state index < -0.39 is 5.91 Å². The quantitative estimate of drug-likeness (QED) is 0.478. The fraction of sp³-hybridized carbons (Fsp3) is 0.312. The predicted octanol–water partition coefficient (Wildman–Crippen LogP) is 2.48. The van der Waals surface area contributed by atoms with Crippen molar-refractivity contribution < 1.29 is 9.59 Å². The number of rotatable bonds is 6. The molecule has 0 saturated heterocycles. The number of Topliss-reactive ketones (excluding diaryl/α,β-unsaturated/α-hetero) is 1. The highest BCUT2D eigenvalue weighted by molar-refractivity contribution is 6.07. The number of carbonyl (C=O) groups is 2. The second-order valence-electron chi connectivity index (χ2n) is 5.06. The molecule has 1 rings (SSSR count). The van der Waals surface area contributed by atoms with E-state index in [0.29, 0.717) is 23.7 Å². The van der Waals surface area contributed by atoms with Gasteiger partial charge in [0, 0.05) is 24.0 Å². The van der Waals surface area contributed by atoms with E-state index in [-0.39, 0.29) is 11.4 Å². The maximum absolute atomic E-state index is 12.0. The molecule has 0 spiro atoms. The molecule has 1 aromatic rings. The van der Waals surface area contributed by atoms with Crippen LogP contribution in [0, 0.1) is 17.2 Å². The summed E-state index contributed by atoms with van der Waals surface area (Å²) in [6, 6.07) is 8.45. The average Bonchev–Trinajstić information content (AvgIpc) is 2.43. The van der Waals surface area contributed by atoms with Gasteiger partial charge in [-0.05, 0) is 25.0 Å². The van der Waals surface area contributed by atoms with Crippen LogP contribution in [0.3, 0.4) is 0 Å². The number of nitrogens with zero attached hydrogens (tertiary/aromatic N) is 1. The number of nitriles is 1. The number of anilines is 1. The van der Waals surface area contributed by atoms with E-state index >= 15 is 0 Å². The van der Waals surface area contributed by atoms with Crippen molar-refractivity contribution in [2.45, 2.75) is 20.8 Å². The zero-order valence-electron chi connectivity index (χ0n) is 12.4. The van der Waals surface area contributed by atoms with Gasteiger partial charge in [0.05, 0.1) is 0 Å². The first kappa shape index (κ1) is 16.4. The standard InChI is InChI=1S/C16H19N3O2/c1-11(2)9-18-10-14(8-17)16(21)19-15-6-4-5-13(7-15)12(3)20/h4-7,10-11,18H,9H2,1-3H3,(H,19,21)/b14-10-. The summed E-state index contributed by atoms with van der Waals surface area (Å²) in [5, 5.41) is 14.5. The van der Waals surface area contributed by atoms with Crippen molar-refractivity contribution in [3.05, 3.63) is 41.6 Å². The SMILES string of the molecule is CC(=O)c1cccc(NC(=O)/C(C#N)=C\NCC(C)C)c1. The summed E-state index contributed by atoms with van der Waals surface area (Å²) in [6.45, 7) is 6.19. The van der Waals surface area contributed by atoms with Gasteiger partial charge in [0.1, 0.15) is 11.6 Å². The Morgan fingerprint density at radius 2 is 2.10 bits per heavy atom. The third-order valence-electron chi connectivity index (χ3n) is 2.66. The van der Waals surface area contributed by atoms with Gasteiger partial charge in [0.25, 0.3) is 5.91 Å². The van der Waals surface area contributed by atoms with E-state index in [9.17, 15) is 9.59 Å². The lowest BCUT2D eigenvalue weighted by Gasteiger charge is -2.07. The Morgan fingerprint density at radius 1 is 1.38 bits per heavy atom. The fourth-order valence-corrected chi connectivity index (χ4v) is 1.56. The highest BCUT2D eigenvalue weighted by Crippen LogP contribution is 2.12. The number of benzene rings is 1. The van der Waals surface area contributed by atoms with E-state index in [4.69, 9.17) is 5.26 Å². The lowest BCUT2D eigenvalue weighted by atomic mass is 10.1. The number of amides is 1. The van der Waals surface area contributed by atoms with Crippen LogP contribution in [-0.2, 0) is 4.79 Å². The minimum absolute atomic E-state index is 0.0103. The van der Waals surface area contributed by atoms with Crippen molar-refractivity contribution in [3.8, 4) is 6.07 Å². The molecule has 0 aromatic heterocycles. The Hall–Kier alpha value is -2.61. The second kappa shape index (κ2) is 7.85. The summed E-state index contributed by atoms with van der Waals surface area (Å²) in [5.41, 5.74) is 0.981. The van der Waals surface area contributed by atoms with Crippen LogP contribution in [0.1, 0.15) is 31.1 Å². The van der Waals surface area contributed by atoms with Crippen LogP contribution < -0.4 is 10.6 Å². The number of hydrogen-bond acceptors (Lipinski definition) is 4. The molecular weight excluding hydrogens is 266 g/mol. The third kappa shape index (κ3) is 5.49. The van der Waals surface area contributed by atoms with Crippen LogP contribution in [0.15, 0.2) is 36.0 Å². The Balaban J connectivity index is 2.77. The van der Waals surface area contributed by atoms with Crippen LogP contribution in [0.5, 0.6) is 0 Å². The summed E-state index contributed by atoms with van der Waals surface area (Å²) in [5.74, 6) is -0.174. The molecular formula is C16H19N3O2. The van der Waals surface area contributed by atoms with Crippen molar-refractivity contribution in [1.82, 2.24) is 5.32 Å². The first-order chi connectivity index (χ1) is 9.93. The number of nitrogens with one attached hydrogen (secondary N) is 2. The molecule has 0 atom stereocenters. The molecule has 0 radical (unpaired) electrons. The molecule has 0 heterocycles. The van der Waals surface area contributed by atoms with Crippen LogP contribution in [0.4, 0.5) is 5.69 Å². The Kier molecular flexibility index (Phi) is 6.15. The van der Waals surface area contributed by atoms with Gasteiger partial charge in [-0.25, -0.2) is 0 Å². The Labute approximate surface area is 124 Å². The van der Waals surface area contributed by atoms with Crippen LogP contribution in [0.25, 0.3) is 0 Å². The molecule has 0 aliphatic rings. The van der Waals surface area contributed by atoms with Gasteiger partial charge in [-0.2, -0.15) is 5.26 Å². The molecule has 0 bridgehead atoms. The van der Waals surface area contributed by atoms with Gasteiger partial charge in [-0.15, -0.1) is 0 Å². The van der Waals surface area contributed by atoms with Crippen LogP contribution >= 0.6 is 0 Å². The molecule has 0 aliphatic heterocycles. The van der Waals surface area contributed by atoms with Gasteiger partial charge in [-0.3, -0.25) is 9.59 Å². The summed E-state index contributed by atoms with van der Waals surface area (Å²) in [7, 11) is 0. The van der Waals surface area contributed by atoms with E-state index in [0.717, 1.165) is 0 Å². The van der Waals surface area contributed by atoms with E-state index in [1.165, 1.54) is 13.1 Å². The maximum atomic E-state index is 12.0. The maximum Gasteiger partial charge on any atom is 0.267 e. The highest BCUT2D eigenvalue weighted by atomic mass is 16.1. The molecule has 1 aromatic carbocycles. The van der Waals surface area contributed by atoms with E-state index in [1.54, 1.807) is 24.3 Å². The number of hydrogen-bond donors (Lipinski definition) is 2. The second-order valence-corrected chi connectivity index (χ2v) is 5.06. The van der Waals surface area contributed by atoms with Crippen LogP contribution in [0.2, 0.25) is 0 Å². The van der Waals surface area contributed by atoms with Crippen molar-refractivity contribution in [2.75, 3.05) is 11.9 Å². The Bertz CT molecular complexity index is 598. The molecule has 1 amide bonds. The molecule has 21 heavy (non-hydrogen) atoms. The third-order valence-corrected chi connectivity index (χ3v) is 2.66. The van der Waals surface area contributed by atoms with Crippen molar-refractivity contribution in [1.29, 1.82) is 5.26 Å². The first-order valence-electron chi connectivity index (χ1n) is 6.70. The van der Waals surface area contributed by atoms with Gasteiger partial charge in [0.15, 0.2) is 5.78 Å². The molecule has 2 N–H and O–H groups in total. The minimum Gasteiger partial charge on any atom is -0.389 e. The number of carbonyl (C=O) groups excluding carboxylic acids is 2. The molecule has 0 aliphatic carbocycles. The largest absolute Gasteiger partial charge is 0.389 e. The van der Waals surface area contributed by atoms with Gasteiger partial charge in [-0.1, -0.05) is 26.0 Å². The normalized spacial score (nSPS) is 10.9. The Morgan fingerprint density at radius 3 is 2.67 bits per heavy atom. The van der Waals surface area contributed by atoms with E-state index in [2.05, 4.69) is 10.6 Å². The molecule has 110 valence electrons. The van der Waals surface area contributed by atoms with Gasteiger partial charge < -0.3 is 10.6 Å². The summed E-state index contributed by atoms with van der Waals surface area (Å²) in [6.07, 6.45) is 1.41. The zero-order valence-corrected chi connectivity index (χ0v) is 12.4. The van der Waals surface area contributed by atoms with Gasteiger partial charge >= 0.3 is 0 Å². The molecule has 5 nitrogen and oxygen atoms in total. The lowest BCUT2D eigenvalue weighted by molar-refractivity contribution is -0.112. The molecule has 0 saturated carbocycles. The highest BCUT2D eigenvalue weighted by Gasteiger charge is 2.10.